The Hall–Kier alpha value is -3.73. The highest BCUT2D eigenvalue weighted by Crippen LogP contribution is 2.26. The summed E-state index contributed by atoms with van der Waals surface area (Å²) in [5.74, 6) is -0.800. The second-order valence-corrected chi connectivity index (χ2v) is 7.01. The maximum Gasteiger partial charge on any atom is 0.281 e. The number of nitrogens with one attached hydrogen (secondary N) is 1. The Bertz CT molecular complexity index is 1190. The molecule has 0 fully saturated rings. The van der Waals surface area contributed by atoms with Crippen molar-refractivity contribution in [3.63, 3.8) is 0 Å². The summed E-state index contributed by atoms with van der Waals surface area (Å²) < 4.78 is 1.47. The van der Waals surface area contributed by atoms with Gasteiger partial charge in [0, 0.05) is 6.20 Å². The first-order chi connectivity index (χ1) is 14.1. The summed E-state index contributed by atoms with van der Waals surface area (Å²) >= 11 is 0. The van der Waals surface area contributed by atoms with Crippen LogP contribution in [0.25, 0.3) is 5.65 Å². The zero-order valence-electron chi connectivity index (χ0n) is 16.3. The maximum absolute atomic E-state index is 13.3. The van der Waals surface area contributed by atoms with Gasteiger partial charge >= 0.3 is 0 Å². The van der Waals surface area contributed by atoms with Crippen LogP contribution in [0.1, 0.15) is 28.3 Å². The van der Waals surface area contributed by atoms with Crippen molar-refractivity contribution >= 4 is 17.2 Å². The second-order valence-electron chi connectivity index (χ2n) is 7.01. The van der Waals surface area contributed by atoms with E-state index in [1.165, 1.54) is 4.40 Å². The highest BCUT2D eigenvalue weighted by Gasteiger charge is 2.24. The van der Waals surface area contributed by atoms with E-state index in [1.54, 1.807) is 19.2 Å². The summed E-state index contributed by atoms with van der Waals surface area (Å²) in [6, 6.07) is 22.8. The van der Waals surface area contributed by atoms with Crippen LogP contribution in [0.5, 0.6) is 0 Å². The van der Waals surface area contributed by atoms with E-state index < -0.39 is 5.92 Å². The fourth-order valence-corrected chi connectivity index (χ4v) is 3.53. The fourth-order valence-electron chi connectivity index (χ4n) is 3.53. The van der Waals surface area contributed by atoms with Crippen molar-refractivity contribution in [3.05, 3.63) is 112 Å². The van der Waals surface area contributed by atoms with Crippen molar-refractivity contribution in [2.24, 2.45) is 0 Å². The highest BCUT2D eigenvalue weighted by atomic mass is 16.2. The molecule has 5 nitrogen and oxygen atoms in total. The van der Waals surface area contributed by atoms with Gasteiger partial charge in [0.25, 0.3) is 5.56 Å². The fraction of sp³-hybridized carbons (Fsp3) is 0.125. The van der Waals surface area contributed by atoms with Crippen LogP contribution in [0.4, 0.5) is 5.69 Å². The first-order valence-corrected chi connectivity index (χ1v) is 9.45. The van der Waals surface area contributed by atoms with E-state index in [1.807, 2.05) is 73.7 Å². The van der Waals surface area contributed by atoms with Crippen LogP contribution in [0.3, 0.4) is 0 Å². The number of aromatic nitrogens is 2. The average Bonchev–Trinajstić information content (AvgIpc) is 2.74. The van der Waals surface area contributed by atoms with Gasteiger partial charge in [-0.15, -0.1) is 0 Å². The number of rotatable bonds is 4. The van der Waals surface area contributed by atoms with E-state index in [0.717, 1.165) is 16.7 Å². The molecule has 4 rings (SSSR count). The van der Waals surface area contributed by atoms with Gasteiger partial charge in [0.2, 0.25) is 5.91 Å². The number of hydrogen-bond donors (Lipinski definition) is 1. The number of amides is 1. The zero-order chi connectivity index (χ0) is 20.4. The third kappa shape index (κ3) is 3.55. The SMILES string of the molecule is Cc1nc2c(C)cccn2c(=O)c1NC(=O)C(c1ccccc1)c1ccccc1. The van der Waals surface area contributed by atoms with E-state index >= 15 is 0 Å². The van der Waals surface area contributed by atoms with E-state index in [9.17, 15) is 9.59 Å². The molecular formula is C24H21N3O2. The smallest absolute Gasteiger partial charge is 0.281 e. The summed E-state index contributed by atoms with van der Waals surface area (Å²) in [4.78, 5) is 30.9. The molecule has 0 atom stereocenters. The molecule has 29 heavy (non-hydrogen) atoms. The molecule has 0 unspecified atom stereocenters. The molecule has 0 bridgehead atoms. The lowest BCUT2D eigenvalue weighted by Gasteiger charge is -2.18. The quantitative estimate of drug-likeness (QED) is 0.577. The van der Waals surface area contributed by atoms with E-state index in [4.69, 9.17) is 0 Å². The van der Waals surface area contributed by atoms with Gasteiger partial charge in [0.15, 0.2) is 0 Å². The van der Waals surface area contributed by atoms with Gasteiger partial charge in [0.05, 0.1) is 11.6 Å². The molecule has 0 radical (unpaired) electrons. The number of aryl methyl sites for hydroxylation is 2. The number of benzene rings is 2. The van der Waals surface area contributed by atoms with Gasteiger partial charge < -0.3 is 5.32 Å². The Morgan fingerprint density at radius 3 is 2.07 bits per heavy atom. The van der Waals surface area contributed by atoms with Crippen LogP contribution >= 0.6 is 0 Å². The van der Waals surface area contributed by atoms with Crippen molar-refractivity contribution in [2.45, 2.75) is 19.8 Å². The van der Waals surface area contributed by atoms with Crippen molar-refractivity contribution in [1.82, 2.24) is 9.38 Å². The minimum atomic E-state index is -0.533. The predicted octanol–water partition coefficient (Wildman–Crippen LogP) is 4.08. The summed E-state index contributed by atoms with van der Waals surface area (Å²) in [6.07, 6.45) is 1.67. The number of hydrogen-bond acceptors (Lipinski definition) is 3. The third-order valence-electron chi connectivity index (χ3n) is 5.01. The summed E-state index contributed by atoms with van der Waals surface area (Å²) in [5.41, 5.74) is 3.63. The van der Waals surface area contributed by atoms with E-state index in [2.05, 4.69) is 10.3 Å². The molecule has 0 aliphatic heterocycles. The molecule has 0 aliphatic carbocycles. The molecule has 0 saturated carbocycles. The number of carbonyl (C=O) groups excluding carboxylic acids is 1. The largest absolute Gasteiger partial charge is 0.319 e. The van der Waals surface area contributed by atoms with E-state index in [-0.39, 0.29) is 17.2 Å². The Kier molecular flexibility index (Phi) is 4.96. The van der Waals surface area contributed by atoms with Gasteiger partial charge in [-0.25, -0.2) is 4.98 Å². The Balaban J connectivity index is 1.78. The van der Waals surface area contributed by atoms with Crippen LogP contribution in [0, 0.1) is 13.8 Å². The van der Waals surface area contributed by atoms with Crippen LogP contribution in [-0.2, 0) is 4.79 Å². The van der Waals surface area contributed by atoms with Crippen LogP contribution in [-0.4, -0.2) is 15.3 Å². The molecule has 1 amide bonds. The first kappa shape index (κ1) is 18.6. The Morgan fingerprint density at radius 1 is 0.897 bits per heavy atom. The molecule has 2 aromatic heterocycles. The molecule has 0 saturated heterocycles. The van der Waals surface area contributed by atoms with Crippen molar-refractivity contribution in [3.8, 4) is 0 Å². The summed E-state index contributed by atoms with van der Waals surface area (Å²) in [6.45, 7) is 3.64. The molecule has 144 valence electrons. The molecule has 0 aliphatic rings. The lowest BCUT2D eigenvalue weighted by molar-refractivity contribution is -0.116. The summed E-state index contributed by atoms with van der Waals surface area (Å²) in [5, 5.41) is 2.85. The molecular weight excluding hydrogens is 362 g/mol. The van der Waals surface area contributed by atoms with Crippen molar-refractivity contribution in [2.75, 3.05) is 5.32 Å². The minimum Gasteiger partial charge on any atom is -0.319 e. The highest BCUT2D eigenvalue weighted by molar-refractivity contribution is 5.98. The molecule has 1 N–H and O–H groups in total. The number of nitrogens with zero attached hydrogens (tertiary/aromatic N) is 2. The molecule has 0 spiro atoms. The Morgan fingerprint density at radius 2 is 1.48 bits per heavy atom. The Labute approximate surface area is 168 Å². The van der Waals surface area contributed by atoms with Gasteiger partial charge in [-0.05, 0) is 36.6 Å². The normalized spacial score (nSPS) is 11.0. The topological polar surface area (TPSA) is 63.5 Å². The minimum absolute atomic E-state index is 0.204. The van der Waals surface area contributed by atoms with Gasteiger partial charge in [0.1, 0.15) is 11.3 Å². The first-order valence-electron chi connectivity index (χ1n) is 9.45. The molecule has 4 aromatic rings. The molecule has 2 aromatic carbocycles. The van der Waals surface area contributed by atoms with Crippen molar-refractivity contribution in [1.29, 1.82) is 0 Å². The van der Waals surface area contributed by atoms with Crippen LogP contribution in [0.15, 0.2) is 83.8 Å². The number of pyridine rings is 1. The number of fused-ring (bicyclic) bond motifs is 1. The van der Waals surface area contributed by atoms with Gasteiger partial charge in [-0.1, -0.05) is 66.7 Å². The zero-order valence-corrected chi connectivity index (χ0v) is 16.3. The summed E-state index contributed by atoms with van der Waals surface area (Å²) in [7, 11) is 0. The monoisotopic (exact) mass is 383 g/mol. The van der Waals surface area contributed by atoms with Gasteiger partial charge in [-0.2, -0.15) is 0 Å². The average molecular weight is 383 g/mol. The maximum atomic E-state index is 13.3. The van der Waals surface area contributed by atoms with Crippen molar-refractivity contribution < 1.29 is 4.79 Å². The molecule has 5 heteroatoms. The number of carbonyl (C=O) groups is 1. The van der Waals surface area contributed by atoms with Crippen LogP contribution in [0.2, 0.25) is 0 Å². The number of anilines is 1. The second kappa shape index (κ2) is 7.72. The third-order valence-corrected chi connectivity index (χ3v) is 5.01. The molecule has 2 heterocycles. The standard InChI is InChI=1S/C24H21N3O2/c1-16-10-9-15-27-22(16)25-17(2)21(24(27)29)26-23(28)20(18-11-5-3-6-12-18)19-13-7-4-8-14-19/h3-15,20H,1-2H3,(H,26,28). The van der Waals surface area contributed by atoms with E-state index in [0.29, 0.717) is 11.3 Å². The van der Waals surface area contributed by atoms with Gasteiger partial charge in [-0.3, -0.25) is 14.0 Å². The lowest BCUT2D eigenvalue weighted by Crippen LogP contribution is -2.29. The predicted molar refractivity (Wildman–Crippen MR) is 114 cm³/mol. The lowest BCUT2D eigenvalue weighted by atomic mass is 9.90. The van der Waals surface area contributed by atoms with Crippen LogP contribution < -0.4 is 10.9 Å².